The summed E-state index contributed by atoms with van der Waals surface area (Å²) in [7, 11) is 0. The van der Waals surface area contributed by atoms with Gasteiger partial charge in [0.2, 0.25) is 5.82 Å². The van der Waals surface area contributed by atoms with Gasteiger partial charge in [-0.15, -0.1) is 0 Å². The van der Waals surface area contributed by atoms with Crippen LogP contribution < -0.4 is 4.74 Å². The molecule has 102 valence electrons. The van der Waals surface area contributed by atoms with Crippen LogP contribution in [0, 0.1) is 0 Å². The van der Waals surface area contributed by atoms with Gasteiger partial charge < -0.3 is 13.7 Å². The average Bonchev–Trinajstić information content (AvgIpc) is 3.08. The number of rotatable bonds is 4. The van der Waals surface area contributed by atoms with Crippen LogP contribution in [0.25, 0.3) is 11.5 Å². The first-order valence-corrected chi connectivity index (χ1v) is 6.41. The highest BCUT2D eigenvalue weighted by molar-refractivity contribution is 6.35. The fourth-order valence-electron chi connectivity index (χ4n) is 1.55. The molecular weight excluding hydrogens is 303 g/mol. The van der Waals surface area contributed by atoms with Gasteiger partial charge in [0.05, 0.1) is 16.8 Å². The summed E-state index contributed by atoms with van der Waals surface area (Å²) >= 11 is 11.8. The van der Waals surface area contributed by atoms with Crippen LogP contribution in [0.1, 0.15) is 5.82 Å². The Hall–Kier alpha value is -1.98. The molecule has 0 spiro atoms. The van der Waals surface area contributed by atoms with Crippen molar-refractivity contribution in [1.82, 2.24) is 10.1 Å². The van der Waals surface area contributed by atoms with Crippen molar-refractivity contribution in [3.05, 3.63) is 52.7 Å². The van der Waals surface area contributed by atoms with Gasteiger partial charge in [0.25, 0.3) is 5.89 Å². The van der Waals surface area contributed by atoms with Crippen LogP contribution >= 0.6 is 23.2 Å². The average molecular weight is 311 g/mol. The molecule has 1 aromatic carbocycles. The highest BCUT2D eigenvalue weighted by Crippen LogP contribution is 2.28. The molecule has 2 heterocycles. The minimum atomic E-state index is 0.142. The first kappa shape index (κ1) is 13.0. The minimum Gasteiger partial charge on any atom is -0.484 e. The van der Waals surface area contributed by atoms with Crippen LogP contribution in [-0.2, 0) is 6.61 Å². The van der Waals surface area contributed by atoms with E-state index in [1.165, 1.54) is 12.5 Å². The maximum atomic E-state index is 6.00. The lowest BCUT2D eigenvalue weighted by Gasteiger charge is -2.05. The second-order valence-corrected chi connectivity index (χ2v) is 4.73. The minimum absolute atomic E-state index is 0.142. The predicted octanol–water partition coefficient (Wildman–Crippen LogP) is 4.22. The second-order valence-electron chi connectivity index (χ2n) is 3.89. The van der Waals surface area contributed by atoms with E-state index in [9.17, 15) is 0 Å². The Balaban J connectivity index is 1.70. The third-order valence-electron chi connectivity index (χ3n) is 2.49. The molecule has 0 bridgehead atoms. The maximum Gasteiger partial charge on any atom is 0.261 e. The number of hydrogen-bond acceptors (Lipinski definition) is 5. The van der Waals surface area contributed by atoms with Crippen molar-refractivity contribution in [2.45, 2.75) is 6.61 Å². The molecule has 0 atom stereocenters. The monoisotopic (exact) mass is 310 g/mol. The van der Waals surface area contributed by atoms with E-state index in [0.717, 1.165) is 0 Å². The van der Waals surface area contributed by atoms with E-state index >= 15 is 0 Å². The number of ether oxygens (including phenoxy) is 1. The lowest BCUT2D eigenvalue weighted by molar-refractivity contribution is 0.287. The van der Waals surface area contributed by atoms with Gasteiger partial charge in [-0.1, -0.05) is 28.4 Å². The molecule has 7 heteroatoms. The van der Waals surface area contributed by atoms with E-state index in [2.05, 4.69) is 10.1 Å². The largest absolute Gasteiger partial charge is 0.484 e. The Morgan fingerprint density at radius 3 is 2.85 bits per heavy atom. The highest BCUT2D eigenvalue weighted by atomic mass is 35.5. The van der Waals surface area contributed by atoms with Crippen LogP contribution in [0.4, 0.5) is 0 Å². The number of nitrogens with zero attached hydrogens (tertiary/aromatic N) is 2. The predicted molar refractivity (Wildman–Crippen MR) is 72.8 cm³/mol. The van der Waals surface area contributed by atoms with Gasteiger partial charge in [0, 0.05) is 5.02 Å². The summed E-state index contributed by atoms with van der Waals surface area (Å²) in [6.07, 6.45) is 3.05. The molecule has 0 amide bonds. The van der Waals surface area contributed by atoms with Crippen LogP contribution in [0.2, 0.25) is 10.0 Å². The van der Waals surface area contributed by atoms with Crippen molar-refractivity contribution in [3.63, 3.8) is 0 Å². The molecule has 3 aromatic rings. The molecule has 0 fully saturated rings. The highest BCUT2D eigenvalue weighted by Gasteiger charge is 2.11. The van der Waals surface area contributed by atoms with Crippen molar-refractivity contribution < 1.29 is 13.7 Å². The zero-order valence-corrected chi connectivity index (χ0v) is 11.6. The summed E-state index contributed by atoms with van der Waals surface area (Å²) in [4.78, 5) is 4.18. The van der Waals surface area contributed by atoms with Crippen LogP contribution in [-0.4, -0.2) is 10.1 Å². The Kier molecular flexibility index (Phi) is 3.62. The molecule has 20 heavy (non-hydrogen) atoms. The van der Waals surface area contributed by atoms with Crippen LogP contribution in [0.3, 0.4) is 0 Å². The van der Waals surface area contributed by atoms with Gasteiger partial charge in [0.1, 0.15) is 12.0 Å². The number of hydrogen-bond donors (Lipinski definition) is 0. The van der Waals surface area contributed by atoms with E-state index in [-0.39, 0.29) is 6.61 Å². The zero-order chi connectivity index (χ0) is 13.9. The van der Waals surface area contributed by atoms with Crippen molar-refractivity contribution in [2.75, 3.05) is 0 Å². The molecule has 0 aliphatic heterocycles. The third-order valence-corrected chi connectivity index (χ3v) is 3.02. The summed E-state index contributed by atoms with van der Waals surface area (Å²) in [5.74, 6) is 1.29. The fraction of sp³-hybridized carbons (Fsp3) is 0.0769. The summed E-state index contributed by atoms with van der Waals surface area (Å²) < 4.78 is 15.5. The van der Waals surface area contributed by atoms with Crippen molar-refractivity contribution in [2.24, 2.45) is 0 Å². The molecule has 0 radical (unpaired) electrons. The van der Waals surface area contributed by atoms with Crippen LogP contribution in [0.5, 0.6) is 5.75 Å². The molecule has 5 nitrogen and oxygen atoms in total. The summed E-state index contributed by atoms with van der Waals surface area (Å²) in [6.45, 7) is 0.142. The van der Waals surface area contributed by atoms with Gasteiger partial charge in [-0.2, -0.15) is 4.98 Å². The molecular formula is C13H8Cl2N2O3. The Morgan fingerprint density at radius 2 is 2.10 bits per heavy atom. The smallest absolute Gasteiger partial charge is 0.261 e. The van der Waals surface area contributed by atoms with Crippen molar-refractivity contribution in [3.8, 4) is 17.2 Å². The quantitative estimate of drug-likeness (QED) is 0.722. The molecule has 2 aromatic heterocycles. The summed E-state index contributed by atoms with van der Waals surface area (Å²) in [6, 6.07) is 6.71. The molecule has 0 aliphatic carbocycles. The lowest BCUT2D eigenvalue weighted by Crippen LogP contribution is -1.97. The third kappa shape index (κ3) is 2.79. The van der Waals surface area contributed by atoms with Gasteiger partial charge in [-0.05, 0) is 24.3 Å². The molecule has 0 N–H and O–H groups in total. The summed E-state index contributed by atoms with van der Waals surface area (Å²) in [5, 5.41) is 4.78. The Morgan fingerprint density at radius 1 is 1.20 bits per heavy atom. The zero-order valence-electron chi connectivity index (χ0n) is 10.0. The first-order valence-electron chi connectivity index (χ1n) is 5.65. The number of aromatic nitrogens is 2. The molecule has 0 unspecified atom stereocenters. The van der Waals surface area contributed by atoms with E-state index in [4.69, 9.17) is 36.9 Å². The normalized spacial score (nSPS) is 10.7. The molecule has 3 rings (SSSR count). The number of halogens is 2. The second kappa shape index (κ2) is 5.56. The number of benzene rings is 1. The van der Waals surface area contributed by atoms with E-state index in [1.807, 2.05) is 0 Å². The molecule has 0 saturated carbocycles. The summed E-state index contributed by atoms with van der Waals surface area (Å²) in [5.41, 5.74) is 0.716. The molecule has 0 aliphatic rings. The van der Waals surface area contributed by atoms with E-state index in [0.29, 0.717) is 33.1 Å². The maximum absolute atomic E-state index is 6.00. The SMILES string of the molecule is Clc1ccc(OCc2noc(-c3ccoc3)n2)c(Cl)c1. The van der Waals surface area contributed by atoms with Gasteiger partial charge >= 0.3 is 0 Å². The standard InChI is InChI=1S/C13H8Cl2N2O3/c14-9-1-2-11(10(15)5-9)19-7-12-16-13(20-17-12)8-3-4-18-6-8/h1-6H,7H2. The first-order chi connectivity index (χ1) is 9.72. The van der Waals surface area contributed by atoms with Gasteiger partial charge in [-0.3, -0.25) is 0 Å². The fourth-order valence-corrected chi connectivity index (χ4v) is 2.01. The van der Waals surface area contributed by atoms with Gasteiger partial charge in [-0.25, -0.2) is 0 Å². The lowest BCUT2D eigenvalue weighted by atomic mass is 10.3. The number of furan rings is 1. The van der Waals surface area contributed by atoms with Crippen molar-refractivity contribution in [1.29, 1.82) is 0 Å². The Bertz CT molecular complexity index is 710. The van der Waals surface area contributed by atoms with E-state index in [1.54, 1.807) is 24.3 Å². The Labute approximate surface area is 124 Å². The molecule has 0 saturated heterocycles. The van der Waals surface area contributed by atoms with Crippen molar-refractivity contribution >= 4 is 23.2 Å². The van der Waals surface area contributed by atoms with Gasteiger partial charge in [0.15, 0.2) is 6.61 Å². The van der Waals surface area contributed by atoms with E-state index < -0.39 is 0 Å². The van der Waals surface area contributed by atoms with Crippen LogP contribution in [0.15, 0.2) is 45.7 Å². The topological polar surface area (TPSA) is 61.3 Å².